The number of rotatable bonds is 7. The van der Waals surface area contributed by atoms with Gasteiger partial charge in [0.2, 0.25) is 11.9 Å². The summed E-state index contributed by atoms with van der Waals surface area (Å²) in [6, 6.07) is 8.23. The number of halogens is 1. The molecule has 0 saturated carbocycles. The van der Waals surface area contributed by atoms with Gasteiger partial charge in [0, 0.05) is 34.4 Å². The quantitative estimate of drug-likeness (QED) is 0.104. The number of anilines is 4. The highest BCUT2D eigenvalue weighted by atomic mass is 127. The van der Waals surface area contributed by atoms with Gasteiger partial charge in [0.1, 0.15) is 11.5 Å². The summed E-state index contributed by atoms with van der Waals surface area (Å²) in [5.74, 6) is 3.61. The molecule has 256 valence electrons. The number of nitrogen functional groups attached to an aromatic ring is 4. The molecule has 0 amide bonds. The molecule has 4 heterocycles. The Morgan fingerprint density at radius 3 is 1.69 bits per heavy atom. The molecular formula is C34H41IN12O2. The minimum Gasteiger partial charge on any atom is -0.452 e. The molecule has 6 aromatic rings. The van der Waals surface area contributed by atoms with E-state index in [1.165, 1.54) is 18.0 Å². The monoisotopic (exact) mass is 776 g/mol. The van der Waals surface area contributed by atoms with Crippen LogP contribution in [-0.2, 0) is 0 Å². The van der Waals surface area contributed by atoms with Crippen LogP contribution >= 0.6 is 22.6 Å². The lowest BCUT2D eigenvalue weighted by Gasteiger charge is -2.18. The number of nitrogens with zero attached hydrogens (tertiary/aromatic N) is 7. The predicted octanol–water partition coefficient (Wildman–Crippen LogP) is 6.93. The first-order valence-corrected chi connectivity index (χ1v) is 16.4. The highest BCUT2D eigenvalue weighted by Crippen LogP contribution is 2.37. The van der Waals surface area contributed by atoms with E-state index in [0.717, 1.165) is 31.7 Å². The van der Waals surface area contributed by atoms with Crippen molar-refractivity contribution in [2.24, 2.45) is 0 Å². The first-order chi connectivity index (χ1) is 23.3. The average molecular weight is 777 g/mol. The Bertz CT molecular complexity index is 1950. The molecule has 4 aromatic heterocycles. The van der Waals surface area contributed by atoms with Gasteiger partial charge in [-0.2, -0.15) is 9.97 Å². The summed E-state index contributed by atoms with van der Waals surface area (Å²) in [4.78, 5) is 26.2. The molecule has 0 aliphatic carbocycles. The van der Waals surface area contributed by atoms with Crippen LogP contribution in [0.15, 0.2) is 74.1 Å². The van der Waals surface area contributed by atoms with Gasteiger partial charge in [0.05, 0.1) is 30.7 Å². The molecule has 0 unspecified atom stereocenters. The van der Waals surface area contributed by atoms with Crippen LogP contribution in [0.5, 0.6) is 23.0 Å². The van der Waals surface area contributed by atoms with Gasteiger partial charge >= 0.3 is 0 Å². The molecule has 0 spiro atoms. The van der Waals surface area contributed by atoms with Gasteiger partial charge in [-0.05, 0) is 76.6 Å². The van der Waals surface area contributed by atoms with Crippen LogP contribution in [0.3, 0.4) is 0 Å². The fraction of sp³-hybridized carbons (Fsp3) is 0.235. The van der Waals surface area contributed by atoms with E-state index in [-0.39, 0.29) is 29.5 Å². The second kappa shape index (κ2) is 16.6. The molecule has 15 heteroatoms. The van der Waals surface area contributed by atoms with E-state index in [1.54, 1.807) is 31.2 Å². The summed E-state index contributed by atoms with van der Waals surface area (Å²) >= 11 is 2.28. The van der Waals surface area contributed by atoms with Crippen molar-refractivity contribution in [3.63, 3.8) is 0 Å². The third kappa shape index (κ3) is 9.79. The maximum atomic E-state index is 6.01. The van der Waals surface area contributed by atoms with Gasteiger partial charge < -0.3 is 42.0 Å². The second-order valence-corrected chi connectivity index (χ2v) is 12.7. The molecule has 0 bridgehead atoms. The first-order valence-electron chi connectivity index (χ1n) is 15.3. The van der Waals surface area contributed by atoms with Crippen molar-refractivity contribution in [2.75, 3.05) is 22.9 Å². The molecule has 9 N–H and O–H groups in total. The SMILES string of the molecule is Cc1cc(C(C)C)c(Oc2cnc(N)nc2N)cc1-n1ccnc1.Cc1cc(C(C)C)c(Oc2cnc(N)nc2N)cc1I.c1c[nH]cn1. The number of benzene rings is 2. The van der Waals surface area contributed by atoms with Crippen LogP contribution < -0.4 is 32.4 Å². The zero-order valence-electron chi connectivity index (χ0n) is 28.2. The normalized spacial score (nSPS) is 10.6. The number of imidazole rings is 2. The molecule has 0 atom stereocenters. The third-order valence-electron chi connectivity index (χ3n) is 7.09. The van der Waals surface area contributed by atoms with Crippen LogP contribution in [0.4, 0.5) is 23.5 Å². The van der Waals surface area contributed by atoms with Gasteiger partial charge in [-0.15, -0.1) is 0 Å². The van der Waals surface area contributed by atoms with E-state index in [1.807, 2.05) is 22.9 Å². The molecule has 0 fully saturated rings. The van der Waals surface area contributed by atoms with E-state index in [2.05, 4.69) is 111 Å². The molecule has 2 aromatic carbocycles. The molecule has 14 nitrogen and oxygen atoms in total. The van der Waals surface area contributed by atoms with Crippen molar-refractivity contribution in [1.29, 1.82) is 0 Å². The Morgan fingerprint density at radius 2 is 1.27 bits per heavy atom. The van der Waals surface area contributed by atoms with E-state index < -0.39 is 0 Å². The number of aryl methyl sites for hydroxylation is 2. The number of H-pyrrole nitrogens is 1. The summed E-state index contributed by atoms with van der Waals surface area (Å²) < 4.78 is 15.0. The topological polar surface area (TPSA) is 221 Å². The number of aromatic amines is 1. The summed E-state index contributed by atoms with van der Waals surface area (Å²) in [6.07, 6.45) is 13.4. The molecular weight excluding hydrogens is 735 g/mol. The van der Waals surface area contributed by atoms with Crippen LogP contribution in [-0.4, -0.2) is 39.5 Å². The van der Waals surface area contributed by atoms with E-state index in [4.69, 9.17) is 32.4 Å². The van der Waals surface area contributed by atoms with Crippen molar-refractivity contribution in [2.45, 2.75) is 53.4 Å². The fourth-order valence-corrected chi connectivity index (χ4v) is 4.99. The maximum Gasteiger partial charge on any atom is 0.222 e. The highest BCUT2D eigenvalue weighted by molar-refractivity contribution is 14.1. The van der Waals surface area contributed by atoms with Crippen LogP contribution in [0.1, 0.15) is 61.8 Å². The zero-order valence-corrected chi connectivity index (χ0v) is 30.4. The summed E-state index contributed by atoms with van der Waals surface area (Å²) in [5.41, 5.74) is 28.3. The Labute approximate surface area is 298 Å². The minimum atomic E-state index is 0.118. The molecule has 49 heavy (non-hydrogen) atoms. The average Bonchev–Trinajstić information content (AvgIpc) is 3.80. The molecule has 0 radical (unpaired) electrons. The summed E-state index contributed by atoms with van der Waals surface area (Å²) in [7, 11) is 0. The van der Waals surface area contributed by atoms with Gasteiger partial charge in [0.15, 0.2) is 23.1 Å². The van der Waals surface area contributed by atoms with Crippen molar-refractivity contribution in [3.8, 4) is 28.7 Å². The lowest BCUT2D eigenvalue weighted by atomic mass is 9.98. The van der Waals surface area contributed by atoms with Crippen molar-refractivity contribution < 1.29 is 9.47 Å². The third-order valence-corrected chi connectivity index (χ3v) is 8.26. The second-order valence-electron chi connectivity index (χ2n) is 11.5. The summed E-state index contributed by atoms with van der Waals surface area (Å²) in [5, 5.41) is 0. The van der Waals surface area contributed by atoms with Crippen molar-refractivity contribution in [3.05, 3.63) is 99.9 Å². The maximum absolute atomic E-state index is 6.01. The van der Waals surface area contributed by atoms with E-state index >= 15 is 0 Å². The predicted molar refractivity (Wildman–Crippen MR) is 201 cm³/mol. The number of nitrogens with one attached hydrogen (secondary N) is 1. The van der Waals surface area contributed by atoms with Crippen LogP contribution in [0.2, 0.25) is 0 Å². The van der Waals surface area contributed by atoms with Gasteiger partial charge in [-0.1, -0.05) is 39.8 Å². The van der Waals surface area contributed by atoms with E-state index in [0.29, 0.717) is 23.2 Å². The molecule has 0 aliphatic heterocycles. The Kier molecular flexibility index (Phi) is 12.3. The standard InChI is InChI=1S/C17H20N6O.C14H17IN4O.C3H4N2/c1-10(2)12-6-11(3)13(23-5-4-20-9-23)7-14(12)24-15-8-21-17(19)22-16(15)18;1-7(2)9-4-8(3)10(15)5-11(9)20-12-6-18-14(17)19-13(12)16;1-2-5-3-4-1/h4-10H,1-3H3,(H4,18,19,21,22);4-7H,1-3H3,(H4,16,17,18,19);1-3H,(H,4,5). The van der Waals surface area contributed by atoms with Gasteiger partial charge in [-0.25, -0.2) is 19.9 Å². The highest BCUT2D eigenvalue weighted by Gasteiger charge is 2.16. The fourth-order valence-electron chi connectivity index (χ4n) is 4.55. The molecule has 0 aliphatic rings. The van der Waals surface area contributed by atoms with Gasteiger partial charge in [-0.3, -0.25) is 0 Å². The number of nitrogens with two attached hydrogens (primary N) is 4. The molecule has 6 rings (SSSR count). The lowest BCUT2D eigenvalue weighted by Crippen LogP contribution is -2.04. The van der Waals surface area contributed by atoms with Gasteiger partial charge in [0.25, 0.3) is 0 Å². The lowest BCUT2D eigenvalue weighted by molar-refractivity contribution is 0.470. The first kappa shape index (κ1) is 36.4. The van der Waals surface area contributed by atoms with Crippen LogP contribution in [0.25, 0.3) is 5.69 Å². The molecule has 0 saturated heterocycles. The summed E-state index contributed by atoms with van der Waals surface area (Å²) in [6.45, 7) is 12.6. The Morgan fingerprint density at radius 1 is 0.714 bits per heavy atom. The number of hydrogen-bond donors (Lipinski definition) is 5. The smallest absolute Gasteiger partial charge is 0.222 e. The van der Waals surface area contributed by atoms with E-state index in [9.17, 15) is 0 Å². The minimum absolute atomic E-state index is 0.118. The Balaban J connectivity index is 0.000000195. The van der Waals surface area contributed by atoms with Crippen molar-refractivity contribution >= 4 is 46.1 Å². The number of ether oxygens (including phenoxy) is 2. The largest absolute Gasteiger partial charge is 0.452 e. The number of aromatic nitrogens is 8. The Hall–Kier alpha value is -5.45. The number of hydrogen-bond acceptors (Lipinski definition) is 12. The van der Waals surface area contributed by atoms with Crippen LogP contribution in [0, 0.1) is 17.4 Å². The zero-order chi connectivity index (χ0) is 35.7. The van der Waals surface area contributed by atoms with Crippen molar-refractivity contribution in [1.82, 2.24) is 39.5 Å².